The van der Waals surface area contributed by atoms with Crippen molar-refractivity contribution in [3.05, 3.63) is 75.5 Å². The maximum Gasteiger partial charge on any atom is 0.416 e. The van der Waals surface area contributed by atoms with Crippen molar-refractivity contribution in [2.24, 2.45) is 0 Å². The highest BCUT2D eigenvalue weighted by Gasteiger charge is 2.30. The van der Waals surface area contributed by atoms with Crippen molar-refractivity contribution in [1.29, 1.82) is 0 Å². The lowest BCUT2D eigenvalue weighted by Gasteiger charge is -2.28. The van der Waals surface area contributed by atoms with Gasteiger partial charge in [0.25, 0.3) is 5.56 Å². The Labute approximate surface area is 170 Å². The molecule has 0 aliphatic carbocycles. The van der Waals surface area contributed by atoms with E-state index in [2.05, 4.69) is 19.9 Å². The number of aromatic nitrogens is 3. The van der Waals surface area contributed by atoms with E-state index in [1.807, 2.05) is 0 Å². The van der Waals surface area contributed by atoms with Crippen LogP contribution in [-0.2, 0) is 25.7 Å². The molecule has 1 N–H and O–H groups in total. The van der Waals surface area contributed by atoms with Gasteiger partial charge in [-0.05, 0) is 18.2 Å². The molecule has 0 saturated carbocycles. The van der Waals surface area contributed by atoms with Crippen LogP contribution in [0.25, 0.3) is 11.4 Å². The fourth-order valence-corrected chi connectivity index (χ4v) is 3.54. The van der Waals surface area contributed by atoms with Gasteiger partial charge in [-0.1, -0.05) is 12.1 Å². The van der Waals surface area contributed by atoms with E-state index in [-0.39, 0.29) is 11.4 Å². The van der Waals surface area contributed by atoms with Crippen molar-refractivity contribution in [1.82, 2.24) is 19.9 Å². The monoisotopic (exact) mass is 416 g/mol. The number of nitrogens with zero attached hydrogens (tertiary/aromatic N) is 3. The van der Waals surface area contributed by atoms with Crippen molar-refractivity contribution in [2.45, 2.75) is 25.7 Å². The number of aromatic amines is 1. The Balaban J connectivity index is 1.56. The van der Waals surface area contributed by atoms with E-state index in [9.17, 15) is 18.0 Å². The van der Waals surface area contributed by atoms with Crippen molar-refractivity contribution < 1.29 is 17.9 Å². The van der Waals surface area contributed by atoms with Crippen LogP contribution in [0.2, 0.25) is 0 Å². The summed E-state index contributed by atoms with van der Waals surface area (Å²) < 4.78 is 43.6. The Morgan fingerprint density at radius 2 is 1.97 bits per heavy atom. The zero-order valence-corrected chi connectivity index (χ0v) is 16.2. The number of halogens is 3. The van der Waals surface area contributed by atoms with Crippen molar-refractivity contribution >= 4 is 0 Å². The number of ether oxygens (including phenoxy) is 1. The summed E-state index contributed by atoms with van der Waals surface area (Å²) in [7, 11) is 1.60. The molecule has 0 saturated heterocycles. The van der Waals surface area contributed by atoms with Crippen LogP contribution in [0.4, 0.5) is 13.2 Å². The zero-order chi connectivity index (χ0) is 21.3. The predicted molar refractivity (Wildman–Crippen MR) is 104 cm³/mol. The third-order valence-corrected chi connectivity index (χ3v) is 5.11. The number of pyridine rings is 1. The van der Waals surface area contributed by atoms with Gasteiger partial charge >= 0.3 is 6.18 Å². The number of alkyl halides is 3. The van der Waals surface area contributed by atoms with Crippen LogP contribution in [0.1, 0.15) is 22.4 Å². The summed E-state index contributed by atoms with van der Waals surface area (Å²) >= 11 is 0. The second-order valence-electron chi connectivity index (χ2n) is 7.06. The average Bonchev–Trinajstić information content (AvgIpc) is 2.74. The summed E-state index contributed by atoms with van der Waals surface area (Å²) in [6, 6.07) is 6.39. The van der Waals surface area contributed by atoms with Crippen LogP contribution in [-0.4, -0.2) is 33.5 Å². The van der Waals surface area contributed by atoms with Crippen LogP contribution < -0.4 is 10.3 Å². The molecule has 1 aromatic carbocycles. The average molecular weight is 416 g/mol. The van der Waals surface area contributed by atoms with E-state index in [0.717, 1.165) is 23.4 Å². The Bertz CT molecular complexity index is 1110. The van der Waals surface area contributed by atoms with E-state index in [0.29, 0.717) is 42.9 Å². The van der Waals surface area contributed by atoms with Gasteiger partial charge in [-0.15, -0.1) is 0 Å². The fraction of sp³-hybridized carbons (Fsp3) is 0.286. The fourth-order valence-electron chi connectivity index (χ4n) is 3.54. The number of rotatable bonds is 4. The second-order valence-corrected chi connectivity index (χ2v) is 7.06. The van der Waals surface area contributed by atoms with Crippen LogP contribution in [0.5, 0.6) is 5.75 Å². The first kappa shape index (κ1) is 20.1. The largest absolute Gasteiger partial charge is 0.496 e. The smallest absolute Gasteiger partial charge is 0.416 e. The van der Waals surface area contributed by atoms with Gasteiger partial charge in [0.1, 0.15) is 11.6 Å². The van der Waals surface area contributed by atoms with Crippen LogP contribution in [0.3, 0.4) is 0 Å². The second kappa shape index (κ2) is 7.91. The highest BCUT2D eigenvalue weighted by molar-refractivity contribution is 5.56. The molecule has 1 aliphatic rings. The molecule has 30 heavy (non-hydrogen) atoms. The summed E-state index contributed by atoms with van der Waals surface area (Å²) in [4.78, 5) is 26.1. The van der Waals surface area contributed by atoms with Crippen LogP contribution in [0.15, 0.2) is 47.5 Å². The lowest BCUT2D eigenvalue weighted by molar-refractivity contribution is -0.137. The Morgan fingerprint density at radius 1 is 1.20 bits per heavy atom. The maximum absolute atomic E-state index is 12.8. The first-order chi connectivity index (χ1) is 14.3. The molecule has 0 atom stereocenters. The van der Waals surface area contributed by atoms with Crippen LogP contribution in [0, 0.1) is 0 Å². The molecule has 0 unspecified atom stereocenters. The molecule has 3 aromatic rings. The Kier molecular flexibility index (Phi) is 5.29. The minimum absolute atomic E-state index is 0.273. The van der Waals surface area contributed by atoms with E-state index < -0.39 is 11.7 Å². The number of hydrogen-bond donors (Lipinski definition) is 1. The minimum atomic E-state index is -4.41. The molecule has 6 nitrogen and oxygen atoms in total. The standard InChI is InChI=1S/C21H19F3N4O2/c1-30-18-6-8-25-10-14(18)11-28-9-7-17-16(12-28)20(29)27-19(26-17)13-2-4-15(5-3-13)21(22,23)24/h2-6,8,10H,7,9,11-12H2,1H3,(H,26,27,29). The molecular formula is C21H19F3N4O2. The lowest BCUT2D eigenvalue weighted by Crippen LogP contribution is -2.35. The number of hydrogen-bond acceptors (Lipinski definition) is 5. The van der Waals surface area contributed by atoms with Crippen molar-refractivity contribution in [2.75, 3.05) is 13.7 Å². The SMILES string of the molecule is COc1ccncc1CN1CCc2nc(-c3ccc(C(F)(F)F)cc3)[nH]c(=O)c2C1. The molecule has 0 amide bonds. The number of benzene rings is 1. The quantitative estimate of drug-likeness (QED) is 0.706. The third-order valence-electron chi connectivity index (χ3n) is 5.11. The first-order valence-electron chi connectivity index (χ1n) is 9.34. The van der Waals surface area contributed by atoms with E-state index >= 15 is 0 Å². The zero-order valence-electron chi connectivity index (χ0n) is 16.2. The van der Waals surface area contributed by atoms with Gasteiger partial charge in [-0.25, -0.2) is 4.98 Å². The molecule has 2 aromatic heterocycles. The number of H-pyrrole nitrogens is 1. The Hall–Kier alpha value is -3.20. The highest BCUT2D eigenvalue weighted by atomic mass is 19.4. The van der Waals surface area contributed by atoms with Crippen molar-refractivity contribution in [3.8, 4) is 17.1 Å². The molecule has 156 valence electrons. The third kappa shape index (κ3) is 4.06. The summed E-state index contributed by atoms with van der Waals surface area (Å²) in [5.41, 5.74) is 1.58. The summed E-state index contributed by atoms with van der Waals surface area (Å²) in [6.07, 6.45) is -0.444. The minimum Gasteiger partial charge on any atom is -0.496 e. The number of methoxy groups -OCH3 is 1. The van der Waals surface area contributed by atoms with E-state index in [4.69, 9.17) is 4.74 Å². The van der Waals surface area contributed by atoms with Gasteiger partial charge in [0.05, 0.1) is 23.9 Å². The van der Waals surface area contributed by atoms with Crippen LogP contribution >= 0.6 is 0 Å². The molecule has 4 rings (SSSR count). The normalized spacial score (nSPS) is 14.4. The molecular weight excluding hydrogens is 397 g/mol. The van der Waals surface area contributed by atoms with Gasteiger partial charge in [-0.3, -0.25) is 14.7 Å². The topological polar surface area (TPSA) is 71.1 Å². The molecule has 3 heterocycles. The molecule has 0 spiro atoms. The highest BCUT2D eigenvalue weighted by Crippen LogP contribution is 2.30. The number of nitrogens with one attached hydrogen (secondary N) is 1. The van der Waals surface area contributed by atoms with E-state index in [1.165, 1.54) is 12.1 Å². The van der Waals surface area contributed by atoms with Gasteiger partial charge in [0.2, 0.25) is 0 Å². The summed E-state index contributed by atoms with van der Waals surface area (Å²) in [6.45, 7) is 1.69. The first-order valence-corrected chi connectivity index (χ1v) is 9.34. The van der Waals surface area contributed by atoms with E-state index in [1.54, 1.807) is 25.6 Å². The summed E-state index contributed by atoms with van der Waals surface area (Å²) in [5, 5.41) is 0. The lowest BCUT2D eigenvalue weighted by atomic mass is 10.1. The van der Waals surface area contributed by atoms with Gasteiger partial charge in [0, 0.05) is 49.6 Å². The van der Waals surface area contributed by atoms with Gasteiger partial charge in [0.15, 0.2) is 0 Å². The molecule has 9 heteroatoms. The van der Waals surface area contributed by atoms with Crippen molar-refractivity contribution in [3.63, 3.8) is 0 Å². The predicted octanol–water partition coefficient (Wildman–Crippen LogP) is 3.42. The molecule has 0 radical (unpaired) electrons. The molecule has 0 fully saturated rings. The molecule has 0 bridgehead atoms. The maximum atomic E-state index is 12.8. The Morgan fingerprint density at radius 3 is 2.67 bits per heavy atom. The number of fused-ring (bicyclic) bond motifs is 1. The molecule has 1 aliphatic heterocycles. The summed E-state index contributed by atoms with van der Waals surface area (Å²) in [5.74, 6) is 1.01. The van der Waals surface area contributed by atoms with Gasteiger partial charge in [-0.2, -0.15) is 13.2 Å². The van der Waals surface area contributed by atoms with Gasteiger partial charge < -0.3 is 9.72 Å².